The normalized spacial score (nSPS) is 10.9. The lowest BCUT2D eigenvalue weighted by atomic mass is 10.0. The van der Waals surface area contributed by atoms with Crippen LogP contribution in [-0.4, -0.2) is 53.8 Å². The van der Waals surface area contributed by atoms with Crippen LogP contribution in [0.3, 0.4) is 0 Å². The third kappa shape index (κ3) is 28.6. The Morgan fingerprint density at radius 1 is 0.296 bits per heavy atom. The highest BCUT2D eigenvalue weighted by Gasteiger charge is 2.14. The molecule has 0 saturated heterocycles. The Morgan fingerprint density at radius 2 is 0.643 bits per heavy atom. The largest absolute Gasteiger partial charge is 0.457 e. The van der Waals surface area contributed by atoms with E-state index in [4.69, 9.17) is 15.9 Å². The number of ether oxygens (including phenoxy) is 1. The zero-order chi connectivity index (χ0) is 71.7. The molecule has 3 nitrogen and oxygen atoms in total. The molecule has 0 aliphatic heterocycles. The van der Waals surface area contributed by atoms with Crippen LogP contribution >= 0.6 is 94.1 Å². The van der Waals surface area contributed by atoms with Crippen LogP contribution in [0.4, 0.5) is 0 Å². The van der Waals surface area contributed by atoms with Crippen molar-refractivity contribution in [3.63, 3.8) is 0 Å². The molecule has 1 unspecified atom stereocenters. The molecule has 0 spiro atoms. The average molecular weight is 1480 g/mol. The lowest BCUT2D eigenvalue weighted by Crippen LogP contribution is -2.00. The lowest BCUT2D eigenvalue weighted by molar-refractivity contribution is 0.103. The molecule has 0 radical (unpaired) electrons. The van der Waals surface area contributed by atoms with E-state index in [0.717, 1.165) is 33.1 Å². The van der Waals surface area contributed by atoms with Crippen molar-refractivity contribution in [2.45, 2.75) is 130 Å². The highest BCUT2D eigenvalue weighted by atomic mass is 32.8. The highest BCUT2D eigenvalue weighted by Crippen LogP contribution is 2.36. The second kappa shape index (κ2) is 43.7. The van der Waals surface area contributed by atoms with Crippen LogP contribution in [0.5, 0.6) is 11.5 Å². The summed E-state index contributed by atoms with van der Waals surface area (Å²) in [7, 11) is -2.56. The molecule has 0 heterocycles. The predicted octanol–water partition coefficient (Wildman–Crippen LogP) is 26.6. The molecule has 0 aromatic heterocycles. The van der Waals surface area contributed by atoms with Gasteiger partial charge in [0.2, 0.25) is 0 Å². The number of thioether (sulfide) groups is 7. The van der Waals surface area contributed by atoms with Crippen LogP contribution in [0.25, 0.3) is 0 Å². The van der Waals surface area contributed by atoms with Crippen LogP contribution in [0.15, 0.2) is 297 Å². The maximum atomic E-state index is 12.7. The summed E-state index contributed by atoms with van der Waals surface area (Å²) in [5.74, 6) is 1.84. The van der Waals surface area contributed by atoms with E-state index in [1.165, 1.54) is 94.8 Å². The number of carbonyl (C=O) groups excluding carboxylic acids is 1. The fourth-order valence-corrected chi connectivity index (χ4v) is 15.8. The Labute approximate surface area is 627 Å². The smallest absolute Gasteiger partial charge is 0.193 e. The SMILES string of the molecule is CSc1cc(C)c(C)cc1C.CSc1ccc(C(=O)c2ccc(C)cc2)cc1.CSc1ccc(C)cc1C.CSc1ccc(C)cc1Sc1ccc(C)cc1.CSc1ccc(Oc2ccc(C)cc2)cc1.CSc1ccc(S(=O)(=S)c2ccc(C)cc2)cc1.CSc1cccc(C)c1. The molecule has 11 aromatic rings. The standard InChI is InChI=1S/C15H14OS.C15H16S2.C14H14OS3.C14H14OS.C10H14S.C9H12S.C8H10S/c1-11-3-5-12(6-4-11)15(16)13-7-9-14(17-2)10-8-13;1-11-4-7-13(8-5-11)17-15-10-12(2)6-9-14(15)16-3;1-11-3-7-13(8-4-11)18(15,16)14-9-5-12(17-2)6-10-14;1-11-3-5-12(6-4-11)15-13-7-9-14(16-2)10-8-13;1-7-5-9(3)10(11-4)6-8(7)2;1-7-4-5-9(10-3)8(2)6-7;1-7-4-3-5-8(6-7)9-2/h3-10H,1-2H3;4-10H,1-3H3;3-10H,1-2H3;3-10H,1-2H3;5-6H,1-4H3;4-6H,1-3H3;3-6H,1-2H3. The molecule has 0 N–H and O–H groups in total. The third-order valence-electron chi connectivity index (χ3n) is 15.0. The van der Waals surface area contributed by atoms with Gasteiger partial charge < -0.3 is 4.74 Å². The van der Waals surface area contributed by atoms with Gasteiger partial charge in [0.15, 0.2) is 5.78 Å². The topological polar surface area (TPSA) is 43.4 Å². The minimum Gasteiger partial charge on any atom is -0.457 e. The van der Waals surface area contributed by atoms with Crippen LogP contribution in [-0.2, 0) is 19.7 Å². The molecule has 0 bridgehead atoms. The van der Waals surface area contributed by atoms with Gasteiger partial charge in [0.05, 0.1) is 8.49 Å². The molecular formula is C85H94O3S10. The van der Waals surface area contributed by atoms with E-state index in [-0.39, 0.29) is 5.78 Å². The number of hydrogen-bond acceptors (Lipinski definition) is 12. The van der Waals surface area contributed by atoms with Gasteiger partial charge in [-0.25, -0.2) is 4.21 Å². The van der Waals surface area contributed by atoms with E-state index < -0.39 is 8.49 Å². The Kier molecular flexibility index (Phi) is 36.9. The maximum Gasteiger partial charge on any atom is 0.193 e. The lowest BCUT2D eigenvalue weighted by Gasteiger charge is -2.08. The first-order valence-electron chi connectivity index (χ1n) is 31.8. The Balaban J connectivity index is 0.000000209. The van der Waals surface area contributed by atoms with Crippen molar-refractivity contribution >= 4 is 120 Å². The summed E-state index contributed by atoms with van der Waals surface area (Å²) in [6, 6.07) is 81.7. The Morgan fingerprint density at radius 3 is 1.09 bits per heavy atom. The number of rotatable bonds is 15. The minimum absolute atomic E-state index is 0.0812. The van der Waals surface area contributed by atoms with Crippen LogP contribution < -0.4 is 4.74 Å². The second-order valence-electron chi connectivity index (χ2n) is 23.0. The zero-order valence-corrected chi connectivity index (χ0v) is 68.1. The van der Waals surface area contributed by atoms with E-state index in [1.54, 1.807) is 70.6 Å². The Hall–Kier alpha value is -5.94. The number of hydrogen-bond donors (Lipinski definition) is 0. The van der Waals surface area contributed by atoms with Crippen LogP contribution in [0.2, 0.25) is 0 Å². The van der Waals surface area contributed by atoms with Gasteiger partial charge in [-0.3, -0.25) is 4.79 Å². The zero-order valence-electron chi connectivity index (χ0n) is 59.9. The first-order chi connectivity index (χ1) is 46.9. The molecule has 0 saturated carbocycles. The fraction of sp³-hybridized carbons (Fsp3) is 0.212. The predicted molar refractivity (Wildman–Crippen MR) is 445 cm³/mol. The average Bonchev–Trinajstić information content (AvgIpc) is 0.814. The molecule has 1 atom stereocenters. The first kappa shape index (κ1) is 82.7. The fourth-order valence-electron chi connectivity index (χ4n) is 9.13. The summed E-state index contributed by atoms with van der Waals surface area (Å²) in [5.41, 5.74) is 15.9. The second-order valence-corrected chi connectivity index (χ2v) is 33.5. The molecule has 11 rings (SSSR count). The molecular weight excluding hydrogens is 1390 g/mol. The van der Waals surface area contributed by atoms with E-state index in [1.807, 2.05) is 183 Å². The van der Waals surface area contributed by atoms with Gasteiger partial charge in [-0.1, -0.05) is 142 Å². The Bertz CT molecular complexity index is 4310. The number of aryl methyl sites for hydroxylation is 11. The molecule has 0 aliphatic rings. The van der Waals surface area contributed by atoms with E-state index in [2.05, 4.69) is 203 Å². The summed E-state index contributed by atoms with van der Waals surface area (Å²) in [6.07, 6.45) is 14.6. The van der Waals surface area contributed by atoms with E-state index in [9.17, 15) is 9.00 Å². The van der Waals surface area contributed by atoms with Crippen molar-refractivity contribution in [2.75, 3.05) is 43.8 Å². The van der Waals surface area contributed by atoms with Gasteiger partial charge in [0.25, 0.3) is 0 Å². The van der Waals surface area contributed by atoms with Crippen molar-refractivity contribution in [3.8, 4) is 11.5 Å². The molecule has 11 aromatic carbocycles. The summed E-state index contributed by atoms with van der Waals surface area (Å²) < 4.78 is 18.4. The highest BCUT2D eigenvalue weighted by molar-refractivity contribution is 8.33. The van der Waals surface area contributed by atoms with Crippen molar-refractivity contribution in [1.82, 2.24) is 0 Å². The molecule has 0 fully saturated rings. The molecule has 512 valence electrons. The molecule has 13 heteroatoms. The summed E-state index contributed by atoms with van der Waals surface area (Å²) in [5, 5.41) is 0. The van der Waals surface area contributed by atoms with Crippen molar-refractivity contribution in [1.29, 1.82) is 0 Å². The van der Waals surface area contributed by atoms with E-state index in [0.29, 0.717) is 9.79 Å². The maximum absolute atomic E-state index is 12.7. The van der Waals surface area contributed by atoms with Gasteiger partial charge in [-0.2, -0.15) is 0 Å². The van der Waals surface area contributed by atoms with Gasteiger partial charge in [-0.05, 0) is 305 Å². The van der Waals surface area contributed by atoms with Crippen molar-refractivity contribution in [3.05, 3.63) is 315 Å². The van der Waals surface area contributed by atoms with Crippen LogP contribution in [0, 0.1) is 76.2 Å². The van der Waals surface area contributed by atoms with Crippen molar-refractivity contribution in [2.24, 2.45) is 0 Å². The first-order valence-corrected chi connectivity index (χ1v) is 43.6. The number of benzene rings is 11. The van der Waals surface area contributed by atoms with Crippen LogP contribution in [0.1, 0.15) is 77.1 Å². The molecule has 0 amide bonds. The van der Waals surface area contributed by atoms with E-state index >= 15 is 0 Å². The summed E-state index contributed by atoms with van der Waals surface area (Å²) in [4.78, 5) is 25.2. The third-order valence-corrected chi connectivity index (χ3v) is 24.7. The summed E-state index contributed by atoms with van der Waals surface area (Å²) in [6.45, 7) is 23.2. The quantitative estimate of drug-likeness (QED) is 0.0726. The monoisotopic (exact) mass is 1480 g/mol. The number of ketones is 1. The number of carbonyl (C=O) groups is 1. The van der Waals surface area contributed by atoms with Gasteiger partial charge >= 0.3 is 0 Å². The van der Waals surface area contributed by atoms with Gasteiger partial charge in [0.1, 0.15) is 11.5 Å². The molecule has 98 heavy (non-hydrogen) atoms. The minimum atomic E-state index is -2.56. The van der Waals surface area contributed by atoms with Crippen molar-refractivity contribution < 1.29 is 13.7 Å². The van der Waals surface area contributed by atoms with Gasteiger partial charge in [-0.15, -0.1) is 82.3 Å². The summed E-state index contributed by atoms with van der Waals surface area (Å²) >= 11 is 19.4. The van der Waals surface area contributed by atoms with Gasteiger partial charge in [0, 0.05) is 65.0 Å². The molecule has 0 aliphatic carbocycles.